The van der Waals surface area contributed by atoms with E-state index in [1.54, 1.807) is 16.2 Å². The molecule has 0 bridgehead atoms. The molecule has 3 rings (SSSR count). The van der Waals surface area contributed by atoms with Crippen LogP contribution in [0.15, 0.2) is 64.9 Å². The lowest BCUT2D eigenvalue weighted by Crippen LogP contribution is -2.43. The first-order chi connectivity index (χ1) is 15.7. The Balaban J connectivity index is 1.90. The average Bonchev–Trinajstić information content (AvgIpc) is 3.26. The van der Waals surface area contributed by atoms with Crippen LogP contribution in [0.3, 0.4) is 0 Å². The molecule has 2 aromatic carbocycles. The van der Waals surface area contributed by atoms with E-state index in [2.05, 4.69) is 0 Å². The second kappa shape index (κ2) is 11.1. The van der Waals surface area contributed by atoms with Crippen molar-refractivity contribution in [3.05, 3.63) is 87.1 Å². The fraction of sp³-hybridized carbons (Fsp3) is 0.346. The molecule has 0 fully saturated rings. The summed E-state index contributed by atoms with van der Waals surface area (Å²) in [4.78, 5) is 16.6. The van der Waals surface area contributed by atoms with Crippen molar-refractivity contribution in [1.29, 1.82) is 0 Å². The Hall–Kier alpha value is -2.48. The van der Waals surface area contributed by atoms with Gasteiger partial charge in [0.15, 0.2) is 0 Å². The number of nitrogens with zero attached hydrogens (tertiary/aromatic N) is 2. The number of carbonyl (C=O) groups excluding carboxylic acids is 1. The van der Waals surface area contributed by atoms with Crippen molar-refractivity contribution in [1.82, 2.24) is 9.21 Å². The molecule has 0 aliphatic rings. The van der Waals surface area contributed by atoms with Crippen molar-refractivity contribution in [2.75, 3.05) is 13.1 Å². The maximum absolute atomic E-state index is 13.7. The highest BCUT2D eigenvalue weighted by Crippen LogP contribution is 2.26. The number of benzene rings is 2. The summed E-state index contributed by atoms with van der Waals surface area (Å²) in [6.07, 6.45) is 0.625. The molecule has 0 unspecified atom stereocenters. The Morgan fingerprint density at radius 1 is 0.939 bits per heavy atom. The number of sulfonamides is 1. The SMILES string of the molecule is CCCN(CC(=O)N(Cc1ccccc1)Cc1cccs1)S(=O)(=O)c1c(C)cc(C)cc1C. The lowest BCUT2D eigenvalue weighted by Gasteiger charge is -2.28. The third kappa shape index (κ3) is 6.31. The fourth-order valence-electron chi connectivity index (χ4n) is 4.11. The second-order valence-electron chi connectivity index (χ2n) is 8.38. The lowest BCUT2D eigenvalue weighted by molar-refractivity contribution is -0.132. The molecule has 1 aromatic heterocycles. The van der Waals surface area contributed by atoms with Gasteiger partial charge in [-0.2, -0.15) is 4.31 Å². The zero-order chi connectivity index (χ0) is 24.0. The molecule has 0 radical (unpaired) electrons. The zero-order valence-electron chi connectivity index (χ0n) is 19.7. The van der Waals surface area contributed by atoms with Gasteiger partial charge in [0, 0.05) is 18.0 Å². The highest BCUT2D eigenvalue weighted by Gasteiger charge is 2.30. The molecule has 0 aliphatic heterocycles. The monoisotopic (exact) mass is 484 g/mol. The van der Waals surface area contributed by atoms with Crippen LogP contribution in [-0.2, 0) is 27.9 Å². The minimum atomic E-state index is -3.82. The number of carbonyl (C=O) groups is 1. The van der Waals surface area contributed by atoms with Gasteiger partial charge in [0.25, 0.3) is 0 Å². The molecule has 7 heteroatoms. The third-order valence-electron chi connectivity index (χ3n) is 5.48. The van der Waals surface area contributed by atoms with Gasteiger partial charge in [-0.05, 0) is 55.3 Å². The molecule has 1 amide bonds. The molecule has 5 nitrogen and oxygen atoms in total. The first-order valence-electron chi connectivity index (χ1n) is 11.1. The van der Waals surface area contributed by atoms with Gasteiger partial charge in [-0.25, -0.2) is 8.42 Å². The van der Waals surface area contributed by atoms with Crippen molar-refractivity contribution >= 4 is 27.3 Å². The third-order valence-corrected chi connectivity index (χ3v) is 8.50. The summed E-state index contributed by atoms with van der Waals surface area (Å²) < 4.78 is 28.7. The molecule has 0 atom stereocenters. The molecule has 0 aliphatic carbocycles. The topological polar surface area (TPSA) is 57.7 Å². The number of hydrogen-bond donors (Lipinski definition) is 0. The van der Waals surface area contributed by atoms with Gasteiger partial charge in [-0.15, -0.1) is 11.3 Å². The van der Waals surface area contributed by atoms with Crippen LogP contribution in [0.2, 0.25) is 0 Å². The summed E-state index contributed by atoms with van der Waals surface area (Å²) in [6.45, 7) is 8.51. The normalized spacial score (nSPS) is 11.7. The summed E-state index contributed by atoms with van der Waals surface area (Å²) in [6, 6.07) is 17.5. The molecule has 3 aromatic rings. The maximum atomic E-state index is 13.7. The van der Waals surface area contributed by atoms with Gasteiger partial charge in [0.2, 0.25) is 15.9 Å². The zero-order valence-corrected chi connectivity index (χ0v) is 21.4. The second-order valence-corrected chi connectivity index (χ2v) is 11.3. The Morgan fingerprint density at radius 3 is 2.18 bits per heavy atom. The number of hydrogen-bond acceptors (Lipinski definition) is 4. The molecular formula is C26H32N2O3S2. The summed E-state index contributed by atoms with van der Waals surface area (Å²) >= 11 is 1.59. The molecule has 0 N–H and O–H groups in total. The van der Waals surface area contributed by atoms with Gasteiger partial charge in [-0.1, -0.05) is 61.0 Å². The highest BCUT2D eigenvalue weighted by atomic mass is 32.2. The summed E-state index contributed by atoms with van der Waals surface area (Å²) in [5, 5.41) is 1.98. The average molecular weight is 485 g/mol. The molecule has 1 heterocycles. The summed E-state index contributed by atoms with van der Waals surface area (Å²) in [5.41, 5.74) is 3.45. The standard InChI is InChI=1S/C26H32N2O3S2/c1-5-13-28(33(30,31)26-21(3)15-20(2)16-22(26)4)19-25(29)27(18-24-12-9-14-32-24)17-23-10-7-6-8-11-23/h6-12,14-16H,5,13,17-19H2,1-4H3. The van der Waals surface area contributed by atoms with E-state index in [1.165, 1.54) is 4.31 Å². The van der Waals surface area contributed by atoms with Crippen LogP contribution in [-0.4, -0.2) is 36.6 Å². The van der Waals surface area contributed by atoms with Crippen LogP contribution in [0.25, 0.3) is 0 Å². The molecule has 176 valence electrons. The first-order valence-corrected chi connectivity index (χ1v) is 13.5. The van der Waals surface area contributed by atoms with Crippen LogP contribution in [0.5, 0.6) is 0 Å². The van der Waals surface area contributed by atoms with Crippen molar-refractivity contribution in [2.45, 2.75) is 52.1 Å². The number of aryl methyl sites for hydroxylation is 3. The number of amides is 1. The quantitative estimate of drug-likeness (QED) is 0.392. The van der Waals surface area contributed by atoms with Crippen LogP contribution in [0.4, 0.5) is 0 Å². The van der Waals surface area contributed by atoms with Crippen molar-refractivity contribution in [3.63, 3.8) is 0 Å². The van der Waals surface area contributed by atoms with E-state index in [9.17, 15) is 13.2 Å². The van der Waals surface area contributed by atoms with E-state index >= 15 is 0 Å². The van der Waals surface area contributed by atoms with Crippen LogP contribution >= 0.6 is 11.3 Å². The van der Waals surface area contributed by atoms with Crippen molar-refractivity contribution < 1.29 is 13.2 Å². The van der Waals surface area contributed by atoms with Gasteiger partial charge in [0.1, 0.15) is 0 Å². The Morgan fingerprint density at radius 2 is 1.61 bits per heavy atom. The van der Waals surface area contributed by atoms with Gasteiger partial charge in [0.05, 0.1) is 18.0 Å². The minimum Gasteiger partial charge on any atom is -0.332 e. The number of thiophene rings is 1. The van der Waals surface area contributed by atoms with Gasteiger partial charge >= 0.3 is 0 Å². The van der Waals surface area contributed by atoms with Crippen LogP contribution in [0.1, 0.15) is 40.5 Å². The predicted octanol–water partition coefficient (Wildman–Crippen LogP) is 5.30. The minimum absolute atomic E-state index is 0.179. The van der Waals surface area contributed by atoms with Gasteiger partial charge in [-0.3, -0.25) is 4.79 Å². The van der Waals surface area contributed by atoms with Crippen molar-refractivity contribution in [2.24, 2.45) is 0 Å². The van der Waals surface area contributed by atoms with Crippen LogP contribution < -0.4 is 0 Å². The first kappa shape index (κ1) is 25.1. The maximum Gasteiger partial charge on any atom is 0.244 e. The molecule has 0 spiro atoms. The summed E-state index contributed by atoms with van der Waals surface area (Å²) in [5.74, 6) is -0.202. The molecule has 0 saturated heterocycles. The molecule has 0 saturated carbocycles. The number of rotatable bonds is 10. The lowest BCUT2D eigenvalue weighted by atomic mass is 10.1. The Labute approximate surface area is 201 Å². The Kier molecular flexibility index (Phi) is 8.46. The molecule has 33 heavy (non-hydrogen) atoms. The van der Waals surface area contributed by atoms with E-state index in [-0.39, 0.29) is 12.5 Å². The van der Waals surface area contributed by atoms with Crippen molar-refractivity contribution in [3.8, 4) is 0 Å². The van der Waals surface area contributed by atoms with Crippen LogP contribution in [0, 0.1) is 20.8 Å². The molecular weight excluding hydrogens is 452 g/mol. The Bertz CT molecular complexity index is 1150. The van der Waals surface area contributed by atoms with E-state index in [1.807, 2.05) is 87.7 Å². The van der Waals surface area contributed by atoms with E-state index in [4.69, 9.17) is 0 Å². The van der Waals surface area contributed by atoms with E-state index in [0.717, 1.165) is 16.0 Å². The smallest absolute Gasteiger partial charge is 0.244 e. The predicted molar refractivity (Wildman–Crippen MR) is 135 cm³/mol. The fourth-order valence-corrected chi connectivity index (χ4v) is 6.73. The van der Waals surface area contributed by atoms with Gasteiger partial charge < -0.3 is 4.90 Å². The highest BCUT2D eigenvalue weighted by molar-refractivity contribution is 7.89. The largest absolute Gasteiger partial charge is 0.332 e. The summed E-state index contributed by atoms with van der Waals surface area (Å²) in [7, 11) is -3.82. The van der Waals surface area contributed by atoms with E-state index in [0.29, 0.717) is 42.1 Å². The van der Waals surface area contributed by atoms with E-state index < -0.39 is 10.0 Å².